The summed E-state index contributed by atoms with van der Waals surface area (Å²) < 4.78 is 17.9. The predicted octanol–water partition coefficient (Wildman–Crippen LogP) is 3.56. The van der Waals surface area contributed by atoms with Crippen LogP contribution in [0.3, 0.4) is 0 Å². The fraction of sp³-hybridized carbons (Fsp3) is 0.296. The molecule has 10 nitrogen and oxygen atoms in total. The molecule has 1 atom stereocenters. The number of fused-ring (bicyclic) bond motifs is 4. The highest BCUT2D eigenvalue weighted by Gasteiger charge is 2.32. The van der Waals surface area contributed by atoms with E-state index in [2.05, 4.69) is 15.6 Å². The van der Waals surface area contributed by atoms with E-state index >= 15 is 0 Å². The Labute approximate surface area is 226 Å². The van der Waals surface area contributed by atoms with E-state index in [1.165, 1.54) is 10.6 Å². The minimum Gasteiger partial charge on any atom is -0.345 e. The molecule has 0 bridgehead atoms. The zero-order valence-electron chi connectivity index (χ0n) is 21.2. The normalized spacial score (nSPS) is 17.4. The number of hydrogen-bond acceptors (Lipinski definition) is 5. The lowest BCUT2D eigenvalue weighted by atomic mass is 10.0. The van der Waals surface area contributed by atoms with Crippen molar-refractivity contribution in [2.24, 2.45) is 7.05 Å². The van der Waals surface area contributed by atoms with Gasteiger partial charge in [-0.1, -0.05) is 23.7 Å². The van der Waals surface area contributed by atoms with Crippen molar-refractivity contribution in [3.8, 4) is 0 Å². The molecule has 0 spiro atoms. The number of rotatable bonds is 2. The highest BCUT2D eigenvalue weighted by atomic mass is 35.5. The van der Waals surface area contributed by atoms with Crippen LogP contribution in [0.15, 0.2) is 35.1 Å². The largest absolute Gasteiger partial charge is 0.345 e. The minimum absolute atomic E-state index is 0.0396. The SMILES string of the molecule is Cc1nc2cccc(NC(=O)N3CCc4c(c5ccc(Cl)c(F)c5n4C)C3)c2c(=O)n1C1CCC(=O)NC1=O. The van der Waals surface area contributed by atoms with Crippen molar-refractivity contribution in [2.45, 2.75) is 38.8 Å². The second-order valence-corrected chi connectivity index (χ2v) is 10.3. The maximum atomic E-state index is 14.8. The molecule has 2 aromatic heterocycles. The van der Waals surface area contributed by atoms with Crippen LogP contribution in [0.4, 0.5) is 14.9 Å². The molecule has 1 fully saturated rings. The lowest BCUT2D eigenvalue weighted by molar-refractivity contribution is -0.135. The standard InChI is InChI=1S/C27H24ClFN6O4/c1-13-30-17-4-3-5-18(22(17)26(38)35(13)20-8-9-21(36)32-25(20)37)31-27(39)34-11-10-19-15(12-34)14-6-7-16(28)23(29)24(14)33(19)2/h3-7,20H,8-12H2,1-2H3,(H,31,39)(H,32,36,37). The van der Waals surface area contributed by atoms with Gasteiger partial charge in [0, 0.05) is 49.6 Å². The Kier molecular flexibility index (Phi) is 5.91. The number of anilines is 1. The number of imide groups is 1. The molecule has 0 saturated carbocycles. The molecule has 0 radical (unpaired) electrons. The summed E-state index contributed by atoms with van der Waals surface area (Å²) in [7, 11) is 1.79. The average Bonchev–Trinajstić information content (AvgIpc) is 3.18. The highest BCUT2D eigenvalue weighted by Crippen LogP contribution is 2.34. The second-order valence-electron chi connectivity index (χ2n) is 9.84. The van der Waals surface area contributed by atoms with E-state index in [0.717, 1.165) is 11.3 Å². The molecule has 4 heterocycles. The van der Waals surface area contributed by atoms with Gasteiger partial charge in [0.1, 0.15) is 11.9 Å². The number of piperidine rings is 1. The molecule has 39 heavy (non-hydrogen) atoms. The Morgan fingerprint density at radius 3 is 2.74 bits per heavy atom. The smallest absolute Gasteiger partial charge is 0.322 e. The quantitative estimate of drug-likeness (QED) is 0.370. The van der Waals surface area contributed by atoms with Gasteiger partial charge >= 0.3 is 6.03 Å². The zero-order valence-corrected chi connectivity index (χ0v) is 21.9. The zero-order chi connectivity index (χ0) is 27.6. The molecule has 1 unspecified atom stereocenters. The van der Waals surface area contributed by atoms with Gasteiger partial charge < -0.3 is 14.8 Å². The number of carbonyl (C=O) groups excluding carboxylic acids is 3. The van der Waals surface area contributed by atoms with Crippen LogP contribution < -0.4 is 16.2 Å². The van der Waals surface area contributed by atoms with Gasteiger partial charge in [-0.05, 0) is 31.5 Å². The van der Waals surface area contributed by atoms with Gasteiger partial charge in [-0.25, -0.2) is 14.2 Å². The Bertz CT molecular complexity index is 1800. The molecule has 2 N–H and O–H groups in total. The Hall–Kier alpha value is -4.25. The van der Waals surface area contributed by atoms with Crippen LogP contribution in [0.25, 0.3) is 21.8 Å². The summed E-state index contributed by atoms with van der Waals surface area (Å²) in [5.74, 6) is -1.10. The summed E-state index contributed by atoms with van der Waals surface area (Å²) >= 11 is 6.01. The fourth-order valence-electron chi connectivity index (χ4n) is 5.73. The molecule has 1 saturated heterocycles. The van der Waals surface area contributed by atoms with Gasteiger partial charge in [-0.15, -0.1) is 0 Å². The van der Waals surface area contributed by atoms with E-state index in [0.29, 0.717) is 35.2 Å². The number of amides is 4. The van der Waals surface area contributed by atoms with Crippen molar-refractivity contribution in [3.05, 3.63) is 68.6 Å². The van der Waals surface area contributed by atoms with Crippen LogP contribution in [0.1, 0.15) is 36.0 Å². The van der Waals surface area contributed by atoms with Crippen LogP contribution >= 0.6 is 11.6 Å². The third-order valence-electron chi connectivity index (χ3n) is 7.61. The predicted molar refractivity (Wildman–Crippen MR) is 143 cm³/mol. The van der Waals surface area contributed by atoms with Crippen molar-refractivity contribution in [2.75, 3.05) is 11.9 Å². The van der Waals surface area contributed by atoms with E-state index in [1.54, 1.807) is 47.7 Å². The molecule has 2 aliphatic rings. The summed E-state index contributed by atoms with van der Waals surface area (Å²) in [6, 6.07) is 6.93. The summed E-state index contributed by atoms with van der Waals surface area (Å²) in [5, 5.41) is 6.03. The molecule has 0 aliphatic carbocycles. The molecular weight excluding hydrogens is 527 g/mol. The van der Waals surface area contributed by atoms with Crippen molar-refractivity contribution in [1.82, 2.24) is 24.3 Å². The van der Waals surface area contributed by atoms with Gasteiger partial charge in [0.15, 0.2) is 5.82 Å². The van der Waals surface area contributed by atoms with Gasteiger partial charge in [-0.2, -0.15) is 0 Å². The van der Waals surface area contributed by atoms with Crippen molar-refractivity contribution in [1.29, 1.82) is 0 Å². The van der Waals surface area contributed by atoms with Crippen LogP contribution in [-0.2, 0) is 29.6 Å². The highest BCUT2D eigenvalue weighted by molar-refractivity contribution is 6.31. The monoisotopic (exact) mass is 550 g/mol. The van der Waals surface area contributed by atoms with E-state index in [9.17, 15) is 23.6 Å². The van der Waals surface area contributed by atoms with Crippen molar-refractivity contribution in [3.63, 3.8) is 0 Å². The molecule has 200 valence electrons. The third-order valence-corrected chi connectivity index (χ3v) is 7.90. The van der Waals surface area contributed by atoms with E-state index in [1.807, 2.05) is 0 Å². The van der Waals surface area contributed by atoms with Crippen LogP contribution in [0.2, 0.25) is 5.02 Å². The molecule has 4 amide bonds. The first-order valence-electron chi connectivity index (χ1n) is 12.5. The van der Waals surface area contributed by atoms with Crippen LogP contribution in [0.5, 0.6) is 0 Å². The molecule has 2 aromatic carbocycles. The Morgan fingerprint density at radius 1 is 1.18 bits per heavy atom. The van der Waals surface area contributed by atoms with Crippen LogP contribution in [-0.4, -0.2) is 43.4 Å². The summed E-state index contributed by atoms with van der Waals surface area (Å²) in [4.78, 5) is 57.4. The molecule has 4 aromatic rings. The number of urea groups is 1. The maximum Gasteiger partial charge on any atom is 0.322 e. The number of hydrogen-bond donors (Lipinski definition) is 2. The summed E-state index contributed by atoms with van der Waals surface area (Å²) in [6.45, 7) is 2.27. The van der Waals surface area contributed by atoms with Gasteiger partial charge in [0.2, 0.25) is 11.8 Å². The minimum atomic E-state index is -0.878. The number of carbonyl (C=O) groups is 3. The number of aryl methyl sites for hydroxylation is 2. The van der Waals surface area contributed by atoms with E-state index < -0.39 is 29.4 Å². The second kappa shape index (κ2) is 9.19. The first-order chi connectivity index (χ1) is 18.7. The Morgan fingerprint density at radius 2 is 1.97 bits per heavy atom. The summed E-state index contributed by atoms with van der Waals surface area (Å²) in [6.07, 6.45) is 0.809. The molecule has 6 rings (SSSR count). The van der Waals surface area contributed by atoms with E-state index in [4.69, 9.17) is 11.6 Å². The first kappa shape index (κ1) is 25.1. The molecule has 2 aliphatic heterocycles. The number of benzene rings is 2. The maximum absolute atomic E-state index is 14.8. The molecule has 12 heteroatoms. The Balaban J connectivity index is 1.34. The lowest BCUT2D eigenvalue weighted by Gasteiger charge is -2.28. The van der Waals surface area contributed by atoms with Crippen molar-refractivity contribution >= 4 is 56.9 Å². The third kappa shape index (κ3) is 3.95. The van der Waals surface area contributed by atoms with Gasteiger partial charge in [0.05, 0.1) is 27.1 Å². The van der Waals surface area contributed by atoms with Crippen LogP contribution in [0, 0.1) is 12.7 Å². The number of aromatic nitrogens is 3. The fourth-order valence-corrected chi connectivity index (χ4v) is 5.88. The van der Waals surface area contributed by atoms with Gasteiger partial charge in [0.25, 0.3) is 5.56 Å². The molecular formula is C27H24ClFN6O4. The number of halogens is 2. The first-order valence-corrected chi connectivity index (χ1v) is 12.9. The number of nitrogens with zero attached hydrogens (tertiary/aromatic N) is 4. The number of nitrogens with one attached hydrogen (secondary N) is 2. The lowest BCUT2D eigenvalue weighted by Crippen LogP contribution is -2.45. The van der Waals surface area contributed by atoms with Gasteiger partial charge in [-0.3, -0.25) is 24.3 Å². The topological polar surface area (TPSA) is 118 Å². The van der Waals surface area contributed by atoms with Crippen molar-refractivity contribution < 1.29 is 18.8 Å². The summed E-state index contributed by atoms with van der Waals surface area (Å²) in [5.41, 5.74) is 2.34. The van der Waals surface area contributed by atoms with E-state index in [-0.39, 0.29) is 41.4 Å². The average molecular weight is 551 g/mol.